The molecule has 4 atom stereocenters. The topological polar surface area (TPSA) is 139 Å². The molecule has 13 heteroatoms. The molecule has 1 fully saturated rings. The van der Waals surface area contributed by atoms with Crippen LogP contribution in [-0.2, 0) is 67.4 Å². The number of rotatable bonds is 18. The normalized spacial score (nSPS) is 20.0. The molecule has 0 unspecified atom stereocenters. The monoisotopic (exact) mass is 684 g/mol. The van der Waals surface area contributed by atoms with E-state index in [4.69, 9.17) is 31.9 Å². The summed E-state index contributed by atoms with van der Waals surface area (Å²) in [6.45, 7) is -1.10. The average Bonchev–Trinajstić information content (AvgIpc) is 3.40. The van der Waals surface area contributed by atoms with E-state index in [1.165, 1.54) is 0 Å². The summed E-state index contributed by atoms with van der Waals surface area (Å²) in [6, 6.07) is 36.4. The first-order chi connectivity index (χ1) is 22.8. The van der Waals surface area contributed by atoms with E-state index >= 15 is 0 Å². The molecule has 1 aliphatic rings. The van der Waals surface area contributed by atoms with Crippen molar-refractivity contribution in [2.45, 2.75) is 50.8 Å². The summed E-state index contributed by atoms with van der Waals surface area (Å²) in [5, 5.41) is 21.5. The third-order valence-corrected chi connectivity index (χ3v) is 9.90. The van der Waals surface area contributed by atoms with E-state index in [1.54, 1.807) is 48.5 Å². The molecule has 4 aromatic carbocycles. The van der Waals surface area contributed by atoms with Crippen LogP contribution >= 0.6 is 15.6 Å². The van der Waals surface area contributed by atoms with Gasteiger partial charge in [0.2, 0.25) is 0 Å². The van der Waals surface area contributed by atoms with E-state index in [1.807, 2.05) is 72.8 Å². The summed E-state index contributed by atoms with van der Waals surface area (Å²) in [5.74, 6) is 0. The summed E-state index contributed by atoms with van der Waals surface area (Å²) >= 11 is 0. The van der Waals surface area contributed by atoms with Gasteiger partial charge < -0.3 is 14.9 Å². The second kappa shape index (κ2) is 17.4. The van der Waals surface area contributed by atoms with E-state index in [2.05, 4.69) is 0 Å². The molecule has 0 saturated carbocycles. The molecule has 0 aliphatic carbocycles. The fourth-order valence-electron chi connectivity index (χ4n) is 4.57. The second-order valence-corrected chi connectivity index (χ2v) is 14.1. The zero-order valence-corrected chi connectivity index (χ0v) is 27.4. The van der Waals surface area contributed by atoms with Gasteiger partial charge in [0.25, 0.3) is 0 Å². The van der Waals surface area contributed by atoms with Crippen LogP contribution in [-0.4, -0.2) is 47.8 Å². The van der Waals surface area contributed by atoms with Crippen LogP contribution < -0.4 is 0 Å². The van der Waals surface area contributed by atoms with Crippen LogP contribution in [0.1, 0.15) is 22.3 Å². The lowest BCUT2D eigenvalue weighted by molar-refractivity contribution is -0.0446. The third-order valence-electron chi connectivity index (χ3n) is 7.18. The maximum atomic E-state index is 13.7. The number of aliphatic hydroxyl groups is 2. The Morgan fingerprint density at radius 1 is 0.447 bits per heavy atom. The molecule has 1 aliphatic heterocycles. The van der Waals surface area contributed by atoms with Gasteiger partial charge in [-0.3, -0.25) is 27.1 Å². The number of ether oxygens (including phenoxy) is 1. The standard InChI is InChI=1S/C34H38O11P2/c35-33-31(25-43-46(37,39-21-27-13-5-1-6-14-27)40-22-28-15-7-2-8-16-28)45-32(34(33)36)26-44-47(38,41-23-29-17-9-3-10-18-29)42-24-30-19-11-4-12-20-30/h1-20,31-36H,21-26H2/t31-,32+,33-,34-/m0/s1. The van der Waals surface area contributed by atoms with E-state index in [0.717, 1.165) is 22.3 Å². The Bertz CT molecular complexity index is 1370. The van der Waals surface area contributed by atoms with Crippen molar-refractivity contribution in [3.05, 3.63) is 144 Å². The van der Waals surface area contributed by atoms with Gasteiger partial charge >= 0.3 is 15.6 Å². The molecule has 0 spiro atoms. The Hall–Kier alpha value is -3.02. The minimum atomic E-state index is -4.18. The van der Waals surface area contributed by atoms with Crippen LogP contribution in [0.2, 0.25) is 0 Å². The van der Waals surface area contributed by atoms with Crippen LogP contribution in [0.25, 0.3) is 0 Å². The van der Waals surface area contributed by atoms with Crippen molar-refractivity contribution in [1.29, 1.82) is 0 Å². The average molecular weight is 685 g/mol. The minimum absolute atomic E-state index is 0.0542. The van der Waals surface area contributed by atoms with Gasteiger partial charge in [-0.1, -0.05) is 121 Å². The predicted octanol–water partition coefficient (Wildman–Crippen LogP) is 6.59. The van der Waals surface area contributed by atoms with E-state index < -0.39 is 53.3 Å². The zero-order valence-electron chi connectivity index (χ0n) is 25.6. The Morgan fingerprint density at radius 3 is 0.957 bits per heavy atom. The quantitative estimate of drug-likeness (QED) is 0.110. The Labute approximate surface area is 274 Å². The number of phosphoric ester groups is 2. The molecule has 0 bridgehead atoms. The molecule has 250 valence electrons. The van der Waals surface area contributed by atoms with Crippen molar-refractivity contribution in [3.8, 4) is 0 Å². The summed E-state index contributed by atoms with van der Waals surface area (Å²) < 4.78 is 66.9. The van der Waals surface area contributed by atoms with E-state index in [0.29, 0.717) is 0 Å². The van der Waals surface area contributed by atoms with Gasteiger partial charge in [-0.25, -0.2) is 9.13 Å². The summed E-state index contributed by atoms with van der Waals surface area (Å²) in [7, 11) is -8.35. The van der Waals surface area contributed by atoms with Gasteiger partial charge in [-0.05, 0) is 22.3 Å². The number of aliphatic hydroxyl groups excluding tert-OH is 2. The molecular weight excluding hydrogens is 646 g/mol. The maximum absolute atomic E-state index is 13.7. The lowest BCUT2D eigenvalue weighted by atomic mass is 10.1. The van der Waals surface area contributed by atoms with Crippen LogP contribution in [0, 0.1) is 0 Å². The molecule has 11 nitrogen and oxygen atoms in total. The van der Waals surface area contributed by atoms with Gasteiger partial charge in [0.05, 0.1) is 39.6 Å². The molecule has 47 heavy (non-hydrogen) atoms. The predicted molar refractivity (Wildman–Crippen MR) is 173 cm³/mol. The number of hydrogen-bond donors (Lipinski definition) is 2. The first kappa shape index (κ1) is 35.3. The van der Waals surface area contributed by atoms with Crippen LogP contribution in [0.5, 0.6) is 0 Å². The largest absolute Gasteiger partial charge is 0.475 e. The highest BCUT2D eigenvalue weighted by atomic mass is 31.2. The second-order valence-electron chi connectivity index (χ2n) is 10.7. The Kier molecular flexibility index (Phi) is 13.1. The van der Waals surface area contributed by atoms with Crippen LogP contribution in [0.15, 0.2) is 121 Å². The SMILES string of the molecule is O=P(OCc1ccccc1)(OCc1ccccc1)OC[C@@H]1O[C@H](COP(=O)(OCc2ccccc2)OCc2ccccc2)[C@H](O)[C@H]1O. The molecule has 5 rings (SSSR count). The van der Waals surface area contributed by atoms with Gasteiger partial charge in [0.1, 0.15) is 24.4 Å². The molecule has 0 amide bonds. The van der Waals surface area contributed by atoms with Crippen molar-refractivity contribution in [2.75, 3.05) is 13.2 Å². The number of phosphoric acid groups is 2. The van der Waals surface area contributed by atoms with Crippen molar-refractivity contribution in [1.82, 2.24) is 0 Å². The van der Waals surface area contributed by atoms with Gasteiger partial charge in [-0.15, -0.1) is 0 Å². The first-order valence-corrected chi connectivity index (χ1v) is 18.0. The highest BCUT2D eigenvalue weighted by Crippen LogP contribution is 2.53. The minimum Gasteiger partial charge on any atom is -0.388 e. The Morgan fingerprint density at radius 2 is 0.702 bits per heavy atom. The van der Waals surface area contributed by atoms with Crippen molar-refractivity contribution in [2.24, 2.45) is 0 Å². The van der Waals surface area contributed by atoms with Gasteiger partial charge in [0, 0.05) is 0 Å². The van der Waals surface area contributed by atoms with Crippen molar-refractivity contribution < 1.29 is 51.2 Å². The van der Waals surface area contributed by atoms with Crippen LogP contribution in [0.4, 0.5) is 0 Å². The number of benzene rings is 4. The van der Waals surface area contributed by atoms with Gasteiger partial charge in [0.15, 0.2) is 0 Å². The molecule has 1 heterocycles. The first-order valence-electron chi connectivity index (χ1n) is 15.1. The van der Waals surface area contributed by atoms with Crippen molar-refractivity contribution in [3.63, 3.8) is 0 Å². The van der Waals surface area contributed by atoms with E-state index in [9.17, 15) is 19.3 Å². The fourth-order valence-corrected chi connectivity index (χ4v) is 6.90. The Balaban J connectivity index is 1.20. The lowest BCUT2D eigenvalue weighted by Gasteiger charge is -2.22. The zero-order chi connectivity index (χ0) is 33.0. The number of hydrogen-bond acceptors (Lipinski definition) is 11. The summed E-state index contributed by atoms with van der Waals surface area (Å²) in [4.78, 5) is 0. The smallest absolute Gasteiger partial charge is 0.388 e. The lowest BCUT2D eigenvalue weighted by Crippen LogP contribution is -2.35. The highest BCUT2D eigenvalue weighted by Gasteiger charge is 2.45. The van der Waals surface area contributed by atoms with E-state index in [-0.39, 0.29) is 26.4 Å². The molecule has 1 saturated heterocycles. The fraction of sp³-hybridized carbons (Fsp3) is 0.294. The molecule has 0 radical (unpaired) electrons. The molecule has 0 aromatic heterocycles. The molecule has 4 aromatic rings. The van der Waals surface area contributed by atoms with Gasteiger partial charge in [-0.2, -0.15) is 0 Å². The molecular formula is C34H38O11P2. The molecule has 2 N–H and O–H groups in total. The summed E-state index contributed by atoms with van der Waals surface area (Å²) in [6.07, 6.45) is -5.17. The van der Waals surface area contributed by atoms with Crippen molar-refractivity contribution >= 4 is 15.6 Å². The maximum Gasteiger partial charge on any atom is 0.475 e. The third kappa shape index (κ3) is 11.0. The highest BCUT2D eigenvalue weighted by molar-refractivity contribution is 7.48. The van der Waals surface area contributed by atoms with Crippen LogP contribution in [0.3, 0.4) is 0 Å². The summed E-state index contributed by atoms with van der Waals surface area (Å²) in [5.41, 5.74) is 2.99.